The Morgan fingerprint density at radius 2 is 0.953 bits per heavy atom. The monoisotopic (exact) mass is 814 g/mol. The quantitative estimate of drug-likeness (QED) is 0.158. The van der Waals surface area contributed by atoms with Crippen molar-refractivity contribution in [2.24, 2.45) is 0 Å². The molecule has 0 fully saturated rings. The van der Waals surface area contributed by atoms with Gasteiger partial charge in [-0.15, -0.1) is 0 Å². The summed E-state index contributed by atoms with van der Waals surface area (Å²) in [7, 11) is 0. The van der Waals surface area contributed by atoms with Gasteiger partial charge >= 0.3 is 0 Å². The van der Waals surface area contributed by atoms with Crippen LogP contribution >= 0.6 is 0 Å². The number of allylic oxidation sites excluding steroid dienone is 1. The van der Waals surface area contributed by atoms with Crippen LogP contribution in [-0.4, -0.2) is 0 Å². The van der Waals surface area contributed by atoms with Crippen LogP contribution < -0.4 is 0 Å². The maximum atomic E-state index is 6.56. The molecule has 11 aromatic carbocycles. The molecule has 0 radical (unpaired) electrons. The van der Waals surface area contributed by atoms with E-state index in [-0.39, 0.29) is 0 Å². The fourth-order valence-electron chi connectivity index (χ4n) is 10.7. The number of para-hydroxylation sites is 1. The van der Waals surface area contributed by atoms with E-state index in [0.717, 1.165) is 33.7 Å². The second-order valence-corrected chi connectivity index (χ2v) is 17.6. The normalized spacial score (nSPS) is 13.7. The van der Waals surface area contributed by atoms with Crippen LogP contribution in [0.2, 0.25) is 0 Å². The van der Waals surface area contributed by atoms with Crippen LogP contribution in [0.1, 0.15) is 30.4 Å². The van der Waals surface area contributed by atoms with Crippen molar-refractivity contribution < 1.29 is 4.42 Å². The number of hydrogen-bond acceptors (Lipinski definition) is 1. The van der Waals surface area contributed by atoms with Crippen molar-refractivity contribution in [2.75, 3.05) is 0 Å². The Hall–Kier alpha value is -8.00. The molecule has 0 bridgehead atoms. The highest BCUT2D eigenvalue weighted by Crippen LogP contribution is 2.48. The van der Waals surface area contributed by atoms with Crippen LogP contribution in [-0.2, 0) is 0 Å². The molecule has 0 saturated heterocycles. The van der Waals surface area contributed by atoms with Gasteiger partial charge in [-0.05, 0) is 159 Å². The summed E-state index contributed by atoms with van der Waals surface area (Å²) < 4.78 is 6.56. The van der Waals surface area contributed by atoms with Crippen molar-refractivity contribution in [3.63, 3.8) is 0 Å². The van der Waals surface area contributed by atoms with Gasteiger partial charge in [0.1, 0.15) is 11.2 Å². The molecule has 1 nitrogen and oxygen atoms in total. The Labute approximate surface area is 372 Å². The van der Waals surface area contributed by atoms with Crippen molar-refractivity contribution >= 4 is 71.1 Å². The molecule has 300 valence electrons. The molecule has 13 rings (SSSR count). The van der Waals surface area contributed by atoms with Crippen LogP contribution in [0.5, 0.6) is 0 Å². The van der Waals surface area contributed by atoms with E-state index < -0.39 is 0 Å². The van der Waals surface area contributed by atoms with Crippen molar-refractivity contribution in [2.45, 2.75) is 19.3 Å². The Bertz CT molecular complexity index is 3900. The molecule has 0 spiro atoms. The summed E-state index contributed by atoms with van der Waals surface area (Å²) in [5, 5.41) is 12.0. The first-order chi connectivity index (χ1) is 31.6. The van der Waals surface area contributed by atoms with E-state index in [1.807, 2.05) is 0 Å². The van der Waals surface area contributed by atoms with E-state index >= 15 is 0 Å². The van der Waals surface area contributed by atoms with Crippen LogP contribution in [0.15, 0.2) is 217 Å². The van der Waals surface area contributed by atoms with E-state index in [2.05, 4.69) is 225 Å². The topological polar surface area (TPSA) is 13.1 Å². The molecule has 1 aromatic heterocycles. The Morgan fingerprint density at radius 1 is 0.375 bits per heavy atom. The first-order valence-electron chi connectivity index (χ1n) is 22.5. The molecule has 0 amide bonds. The molecule has 12 aromatic rings. The summed E-state index contributed by atoms with van der Waals surface area (Å²) in [4.78, 5) is 0. The lowest BCUT2D eigenvalue weighted by Crippen LogP contribution is -1.99. The molecule has 0 saturated carbocycles. The average Bonchev–Trinajstić information content (AvgIpc) is 3.74. The van der Waals surface area contributed by atoms with Gasteiger partial charge in [-0.1, -0.05) is 183 Å². The van der Waals surface area contributed by atoms with Gasteiger partial charge in [0.15, 0.2) is 0 Å². The summed E-state index contributed by atoms with van der Waals surface area (Å²) in [6.45, 7) is 2.33. The zero-order chi connectivity index (χ0) is 42.3. The van der Waals surface area contributed by atoms with E-state index in [1.54, 1.807) is 0 Å². The van der Waals surface area contributed by atoms with Gasteiger partial charge in [-0.3, -0.25) is 0 Å². The largest absolute Gasteiger partial charge is 0.455 e. The van der Waals surface area contributed by atoms with E-state index in [0.29, 0.717) is 5.92 Å². The highest BCUT2D eigenvalue weighted by molar-refractivity contribution is 6.24. The Kier molecular flexibility index (Phi) is 8.33. The standard InChI is InChI=1S/C63H42O/c1-39-13-10-18-46-34-45(29-31-50(39)46)43-17-12-20-49(36-43)62-54-24-6-5-23-53(54)61(48-19-11-16-42(35-48)44-28-27-40-14-2-3-15-41(40)33-44)55-32-30-47(37-58(55)62)57-38-59-52-22-8-9-26-60(52)64-63(59)56-25-7-4-21-51(56)57/h2-12,14-39H,13H2,1H3. The first-order valence-corrected chi connectivity index (χ1v) is 22.5. The predicted octanol–water partition coefficient (Wildman–Crippen LogP) is 18.1. The maximum Gasteiger partial charge on any atom is 0.143 e. The third-order valence-electron chi connectivity index (χ3n) is 13.8. The third-order valence-corrected chi connectivity index (χ3v) is 13.8. The van der Waals surface area contributed by atoms with Crippen molar-refractivity contribution in [1.29, 1.82) is 0 Å². The van der Waals surface area contributed by atoms with Gasteiger partial charge < -0.3 is 4.42 Å². The molecule has 1 unspecified atom stereocenters. The second kappa shape index (κ2) is 14.5. The van der Waals surface area contributed by atoms with Crippen LogP contribution in [0, 0.1) is 0 Å². The highest BCUT2D eigenvalue weighted by atomic mass is 16.3. The number of rotatable bonds is 5. The molecular formula is C63H42O. The van der Waals surface area contributed by atoms with Crippen LogP contribution in [0.4, 0.5) is 0 Å². The molecular weight excluding hydrogens is 773 g/mol. The van der Waals surface area contributed by atoms with Crippen molar-refractivity contribution in [3.8, 4) is 55.6 Å². The molecule has 1 atom stereocenters. The fourth-order valence-corrected chi connectivity index (χ4v) is 10.7. The summed E-state index contributed by atoms with van der Waals surface area (Å²) in [6, 6.07) is 76.5. The van der Waals surface area contributed by atoms with Gasteiger partial charge in [-0.25, -0.2) is 0 Å². The summed E-state index contributed by atoms with van der Waals surface area (Å²) in [5.74, 6) is 0.532. The maximum absolute atomic E-state index is 6.56. The summed E-state index contributed by atoms with van der Waals surface area (Å²) in [5.41, 5.74) is 16.7. The Morgan fingerprint density at radius 3 is 1.73 bits per heavy atom. The molecule has 64 heavy (non-hydrogen) atoms. The minimum Gasteiger partial charge on any atom is -0.455 e. The fraction of sp³-hybridized carbons (Fsp3) is 0.0476. The zero-order valence-corrected chi connectivity index (χ0v) is 35.5. The molecule has 1 heterocycles. The van der Waals surface area contributed by atoms with E-state index in [9.17, 15) is 0 Å². The van der Waals surface area contributed by atoms with E-state index in [4.69, 9.17) is 4.42 Å². The minimum absolute atomic E-state index is 0.532. The van der Waals surface area contributed by atoms with Crippen LogP contribution in [0.3, 0.4) is 0 Å². The first kappa shape index (κ1) is 36.6. The van der Waals surface area contributed by atoms with Crippen LogP contribution in [0.25, 0.3) is 127 Å². The average molecular weight is 815 g/mol. The predicted molar refractivity (Wildman–Crippen MR) is 273 cm³/mol. The molecule has 0 N–H and O–H groups in total. The lowest BCUT2D eigenvalue weighted by Gasteiger charge is -2.20. The lowest BCUT2D eigenvalue weighted by molar-refractivity contribution is 0.672. The number of benzene rings is 11. The SMILES string of the molecule is CC1CC=Cc2cc(-c3cccc(-c4c5ccccc5c(-c5cccc(-c6ccc7ccccc7c6)c5)c5ccc(-c6cc7c8ccccc8oc7c7ccccc67)cc45)c3)ccc21. The summed E-state index contributed by atoms with van der Waals surface area (Å²) >= 11 is 0. The Balaban J connectivity index is 1.08. The third kappa shape index (κ3) is 5.85. The van der Waals surface area contributed by atoms with Crippen molar-refractivity contribution in [1.82, 2.24) is 0 Å². The minimum atomic E-state index is 0.532. The molecule has 0 aliphatic heterocycles. The van der Waals surface area contributed by atoms with Gasteiger partial charge in [0, 0.05) is 16.2 Å². The molecule has 1 aliphatic rings. The number of furan rings is 1. The summed E-state index contributed by atoms with van der Waals surface area (Å²) in [6.07, 6.45) is 5.71. The number of hydrogen-bond donors (Lipinski definition) is 0. The highest BCUT2D eigenvalue weighted by Gasteiger charge is 2.21. The van der Waals surface area contributed by atoms with Gasteiger partial charge in [0.25, 0.3) is 0 Å². The van der Waals surface area contributed by atoms with Gasteiger partial charge in [0.05, 0.1) is 0 Å². The van der Waals surface area contributed by atoms with Gasteiger partial charge in [-0.2, -0.15) is 0 Å². The zero-order valence-electron chi connectivity index (χ0n) is 35.5. The molecule has 1 aliphatic carbocycles. The van der Waals surface area contributed by atoms with Gasteiger partial charge in [0.2, 0.25) is 0 Å². The van der Waals surface area contributed by atoms with E-state index in [1.165, 1.54) is 104 Å². The number of fused-ring (bicyclic) bond motifs is 9. The molecule has 1 heteroatoms. The smallest absolute Gasteiger partial charge is 0.143 e. The van der Waals surface area contributed by atoms with Crippen molar-refractivity contribution in [3.05, 3.63) is 223 Å². The second-order valence-electron chi connectivity index (χ2n) is 17.6. The lowest BCUT2D eigenvalue weighted by atomic mass is 9.83.